The molecule has 2 aromatic heterocycles. The summed E-state index contributed by atoms with van der Waals surface area (Å²) in [5, 5.41) is 2.99. The number of hydrogen-bond acceptors (Lipinski definition) is 4. The Morgan fingerprint density at radius 3 is 2.67 bits per heavy atom. The van der Waals surface area contributed by atoms with Crippen molar-refractivity contribution < 1.29 is 4.79 Å². The van der Waals surface area contributed by atoms with Gasteiger partial charge in [0.05, 0.1) is 12.4 Å². The number of carbonyl (C=O) groups excluding carboxylic acids is 1. The minimum Gasteiger partial charge on any atom is -0.347 e. The van der Waals surface area contributed by atoms with Crippen LogP contribution in [0.3, 0.4) is 0 Å². The number of rotatable bonds is 3. The highest BCUT2D eigenvalue weighted by molar-refractivity contribution is 6.29. The Bertz CT molecular complexity index is 539. The quantitative estimate of drug-likeness (QED) is 0.915. The Hall–Kier alpha value is -2.01. The molecule has 0 bridgehead atoms. The van der Waals surface area contributed by atoms with Crippen LogP contribution < -0.4 is 5.32 Å². The maximum absolute atomic E-state index is 11.7. The average Bonchev–Trinajstić information content (AvgIpc) is 2.38. The number of pyridine rings is 1. The Morgan fingerprint density at radius 2 is 2.06 bits per heavy atom. The van der Waals surface area contributed by atoms with E-state index in [1.165, 1.54) is 12.4 Å². The molecule has 0 saturated carbocycles. The minimum absolute atomic E-state index is 0.236. The van der Waals surface area contributed by atoms with E-state index in [2.05, 4.69) is 20.3 Å². The molecule has 0 aliphatic rings. The van der Waals surface area contributed by atoms with E-state index >= 15 is 0 Å². The molecule has 18 heavy (non-hydrogen) atoms. The van der Waals surface area contributed by atoms with Gasteiger partial charge >= 0.3 is 0 Å². The largest absolute Gasteiger partial charge is 0.347 e. The molecule has 5 nitrogen and oxygen atoms in total. The van der Waals surface area contributed by atoms with Crippen molar-refractivity contribution in [2.45, 2.75) is 13.5 Å². The van der Waals surface area contributed by atoms with Crippen LogP contribution in [-0.2, 0) is 6.54 Å². The van der Waals surface area contributed by atoms with Crippen LogP contribution in [0.2, 0.25) is 5.15 Å². The summed E-state index contributed by atoms with van der Waals surface area (Å²) in [6.45, 7) is 2.31. The summed E-state index contributed by atoms with van der Waals surface area (Å²) in [4.78, 5) is 23.5. The fraction of sp³-hybridized carbons (Fsp3) is 0.167. The van der Waals surface area contributed by atoms with E-state index in [9.17, 15) is 4.79 Å². The van der Waals surface area contributed by atoms with Gasteiger partial charge < -0.3 is 5.32 Å². The van der Waals surface area contributed by atoms with E-state index in [-0.39, 0.29) is 16.8 Å². The van der Waals surface area contributed by atoms with Crippen LogP contribution in [0.1, 0.15) is 21.7 Å². The fourth-order valence-electron chi connectivity index (χ4n) is 1.31. The van der Waals surface area contributed by atoms with Crippen LogP contribution in [0.4, 0.5) is 0 Å². The van der Waals surface area contributed by atoms with Gasteiger partial charge in [0, 0.05) is 18.4 Å². The standard InChI is InChI=1S/C12H11ClN4O/c1-8-2-3-9(4-14-8)5-17-12(18)10-6-16-11(13)7-15-10/h2-4,6-7H,5H2,1H3,(H,17,18). The van der Waals surface area contributed by atoms with Crippen molar-refractivity contribution in [2.24, 2.45) is 0 Å². The summed E-state index contributed by atoms with van der Waals surface area (Å²) in [6.07, 6.45) is 4.40. The second-order valence-corrected chi connectivity index (χ2v) is 4.10. The van der Waals surface area contributed by atoms with Crippen LogP contribution >= 0.6 is 11.6 Å². The maximum atomic E-state index is 11.7. The average molecular weight is 263 g/mol. The van der Waals surface area contributed by atoms with Crippen molar-refractivity contribution in [1.82, 2.24) is 20.3 Å². The van der Waals surface area contributed by atoms with Crippen molar-refractivity contribution in [3.05, 3.63) is 52.8 Å². The zero-order chi connectivity index (χ0) is 13.0. The monoisotopic (exact) mass is 262 g/mol. The third-order valence-electron chi connectivity index (χ3n) is 2.28. The van der Waals surface area contributed by atoms with Crippen molar-refractivity contribution in [3.8, 4) is 0 Å². The Labute approximate surface area is 109 Å². The molecule has 0 unspecified atom stereocenters. The van der Waals surface area contributed by atoms with Crippen LogP contribution in [0.25, 0.3) is 0 Å². The van der Waals surface area contributed by atoms with Gasteiger partial charge in [-0.05, 0) is 18.6 Å². The lowest BCUT2D eigenvalue weighted by molar-refractivity contribution is 0.0945. The number of hydrogen-bond donors (Lipinski definition) is 1. The summed E-state index contributed by atoms with van der Waals surface area (Å²) in [5.74, 6) is -0.292. The summed E-state index contributed by atoms with van der Waals surface area (Å²) in [7, 11) is 0. The van der Waals surface area contributed by atoms with Gasteiger partial charge in [-0.1, -0.05) is 17.7 Å². The molecule has 0 spiro atoms. The summed E-state index contributed by atoms with van der Waals surface area (Å²) in [6, 6.07) is 3.81. The predicted octanol–water partition coefficient (Wildman–Crippen LogP) is 1.76. The summed E-state index contributed by atoms with van der Waals surface area (Å²) < 4.78 is 0. The number of carbonyl (C=O) groups is 1. The number of amides is 1. The van der Waals surface area contributed by atoms with E-state index in [0.29, 0.717) is 6.54 Å². The highest BCUT2D eigenvalue weighted by atomic mass is 35.5. The molecule has 0 fully saturated rings. The van der Waals surface area contributed by atoms with Gasteiger partial charge in [-0.25, -0.2) is 9.97 Å². The van der Waals surface area contributed by atoms with Gasteiger partial charge in [-0.3, -0.25) is 9.78 Å². The van der Waals surface area contributed by atoms with E-state index in [0.717, 1.165) is 11.3 Å². The molecule has 0 aromatic carbocycles. The predicted molar refractivity (Wildman–Crippen MR) is 67.2 cm³/mol. The first kappa shape index (κ1) is 12.4. The second kappa shape index (κ2) is 5.55. The normalized spacial score (nSPS) is 10.1. The van der Waals surface area contributed by atoms with Crippen LogP contribution in [0.15, 0.2) is 30.7 Å². The zero-order valence-corrected chi connectivity index (χ0v) is 10.5. The Balaban J connectivity index is 1.96. The number of nitrogens with zero attached hydrogens (tertiary/aromatic N) is 3. The van der Waals surface area contributed by atoms with E-state index in [1.807, 2.05) is 19.1 Å². The summed E-state index contributed by atoms with van der Waals surface area (Å²) in [5.41, 5.74) is 2.10. The van der Waals surface area contributed by atoms with Crippen LogP contribution in [-0.4, -0.2) is 20.9 Å². The number of nitrogens with one attached hydrogen (secondary N) is 1. The van der Waals surface area contributed by atoms with Gasteiger partial charge in [0.15, 0.2) is 0 Å². The molecule has 0 atom stereocenters. The first-order valence-corrected chi connectivity index (χ1v) is 5.70. The highest BCUT2D eigenvalue weighted by Crippen LogP contribution is 2.02. The maximum Gasteiger partial charge on any atom is 0.271 e. The van der Waals surface area contributed by atoms with E-state index in [4.69, 9.17) is 11.6 Å². The van der Waals surface area contributed by atoms with Gasteiger partial charge in [0.1, 0.15) is 10.8 Å². The first-order chi connectivity index (χ1) is 8.65. The van der Waals surface area contributed by atoms with Crippen LogP contribution in [0.5, 0.6) is 0 Å². The zero-order valence-electron chi connectivity index (χ0n) is 9.72. The summed E-state index contributed by atoms with van der Waals surface area (Å²) >= 11 is 5.59. The Morgan fingerprint density at radius 1 is 1.22 bits per heavy atom. The topological polar surface area (TPSA) is 67.8 Å². The number of halogens is 1. The van der Waals surface area contributed by atoms with Crippen molar-refractivity contribution in [1.29, 1.82) is 0 Å². The molecule has 92 valence electrons. The van der Waals surface area contributed by atoms with E-state index < -0.39 is 0 Å². The molecule has 2 rings (SSSR count). The van der Waals surface area contributed by atoms with Crippen LogP contribution in [0, 0.1) is 6.92 Å². The fourth-order valence-corrected chi connectivity index (χ4v) is 1.40. The van der Waals surface area contributed by atoms with E-state index in [1.54, 1.807) is 6.20 Å². The van der Waals surface area contributed by atoms with Crippen molar-refractivity contribution >= 4 is 17.5 Å². The Kier molecular flexibility index (Phi) is 3.84. The SMILES string of the molecule is Cc1ccc(CNC(=O)c2cnc(Cl)cn2)cn1. The highest BCUT2D eigenvalue weighted by Gasteiger charge is 2.07. The number of aromatic nitrogens is 3. The van der Waals surface area contributed by atoms with Crippen molar-refractivity contribution in [3.63, 3.8) is 0 Å². The smallest absolute Gasteiger partial charge is 0.271 e. The molecule has 2 aromatic rings. The molecule has 1 amide bonds. The molecular weight excluding hydrogens is 252 g/mol. The molecule has 2 heterocycles. The molecule has 0 aliphatic heterocycles. The lowest BCUT2D eigenvalue weighted by atomic mass is 10.2. The molecule has 0 radical (unpaired) electrons. The first-order valence-electron chi connectivity index (χ1n) is 5.32. The minimum atomic E-state index is -0.292. The lowest BCUT2D eigenvalue weighted by Crippen LogP contribution is -2.24. The van der Waals surface area contributed by atoms with Crippen molar-refractivity contribution in [2.75, 3.05) is 0 Å². The molecule has 0 aliphatic carbocycles. The number of aryl methyl sites for hydroxylation is 1. The van der Waals surface area contributed by atoms with Gasteiger partial charge in [-0.2, -0.15) is 0 Å². The third kappa shape index (κ3) is 3.24. The molecular formula is C12H11ClN4O. The molecule has 0 saturated heterocycles. The third-order valence-corrected chi connectivity index (χ3v) is 2.47. The van der Waals surface area contributed by atoms with Gasteiger partial charge in [0.2, 0.25) is 0 Å². The van der Waals surface area contributed by atoms with Gasteiger partial charge in [0.25, 0.3) is 5.91 Å². The second-order valence-electron chi connectivity index (χ2n) is 3.71. The van der Waals surface area contributed by atoms with Gasteiger partial charge in [-0.15, -0.1) is 0 Å². The lowest BCUT2D eigenvalue weighted by Gasteiger charge is -2.04. The molecule has 1 N–H and O–H groups in total. The molecule has 6 heteroatoms.